The number of ether oxygens (including phenoxy) is 1. The topological polar surface area (TPSA) is 88.5 Å². The summed E-state index contributed by atoms with van der Waals surface area (Å²) in [5.41, 5.74) is 4.02. The Morgan fingerprint density at radius 2 is 1.59 bits per heavy atom. The highest BCUT2D eigenvalue weighted by Crippen LogP contribution is 2.27. The molecule has 8 heteroatoms. The van der Waals surface area contributed by atoms with Crippen LogP contribution in [0.4, 0.5) is 0 Å². The lowest BCUT2D eigenvalue weighted by Gasteiger charge is -2.23. The number of aromatic nitrogens is 2. The van der Waals surface area contributed by atoms with Gasteiger partial charge in [0.1, 0.15) is 11.4 Å². The quantitative estimate of drug-likeness (QED) is 0.364. The van der Waals surface area contributed by atoms with Crippen LogP contribution in [0.3, 0.4) is 0 Å². The van der Waals surface area contributed by atoms with E-state index in [1.165, 1.54) is 0 Å². The molecule has 1 atom stereocenters. The lowest BCUT2D eigenvalue weighted by molar-refractivity contribution is -0.121. The van der Waals surface area contributed by atoms with Gasteiger partial charge in [0, 0.05) is 43.9 Å². The Bertz CT molecular complexity index is 1420. The molecule has 1 aromatic heterocycles. The molecule has 5 rings (SSSR count). The van der Waals surface area contributed by atoms with Crippen molar-refractivity contribution in [2.75, 3.05) is 33.3 Å². The molecule has 1 aliphatic heterocycles. The van der Waals surface area contributed by atoms with Crippen LogP contribution in [0.25, 0.3) is 16.9 Å². The Morgan fingerprint density at radius 3 is 2.32 bits per heavy atom. The van der Waals surface area contributed by atoms with Crippen LogP contribution < -0.4 is 15.4 Å². The molecule has 2 N–H and O–H groups in total. The molecule has 1 aliphatic rings. The number of methoxy groups -OCH3 is 1. The molecule has 1 saturated heterocycles. The monoisotopic (exact) mass is 551 g/mol. The Hall–Kier alpha value is -4.43. The van der Waals surface area contributed by atoms with Gasteiger partial charge in [-0.15, -0.1) is 0 Å². The molecule has 1 fully saturated rings. The van der Waals surface area contributed by atoms with Crippen LogP contribution in [0.2, 0.25) is 0 Å². The first-order valence-corrected chi connectivity index (χ1v) is 14.3. The number of hydrogen-bond acceptors (Lipinski definition) is 5. The van der Waals surface area contributed by atoms with Crippen molar-refractivity contribution in [3.63, 3.8) is 0 Å². The standard InChI is InChI=1S/C33H37N5O3/c1-41-28-17-15-26(16-18-28)32-29(24-38(36-32)27-13-6-3-7-14-27)33(40)37-21-9-8-19-34-30(25-11-4-2-5-12-25)23-31(39)35-20-10-22-37/h2-7,11-18,24,30,34H,8-10,19-23H2,1H3,(H,35,39). The second-order valence-electron chi connectivity index (χ2n) is 10.2. The number of benzene rings is 3. The number of carbonyl (C=O) groups is 2. The van der Waals surface area contributed by atoms with E-state index in [9.17, 15) is 9.59 Å². The van der Waals surface area contributed by atoms with Crippen LogP contribution in [0.15, 0.2) is 91.1 Å². The van der Waals surface area contributed by atoms with Crippen molar-refractivity contribution in [3.05, 3.63) is 102 Å². The van der Waals surface area contributed by atoms with E-state index in [4.69, 9.17) is 9.84 Å². The first kappa shape index (κ1) is 28.1. The summed E-state index contributed by atoms with van der Waals surface area (Å²) in [6, 6.07) is 27.5. The molecule has 0 bridgehead atoms. The number of amides is 2. The van der Waals surface area contributed by atoms with Gasteiger partial charge in [0.15, 0.2) is 0 Å². The minimum Gasteiger partial charge on any atom is -0.497 e. The van der Waals surface area contributed by atoms with Gasteiger partial charge < -0.3 is 20.3 Å². The number of rotatable bonds is 5. The number of carbonyl (C=O) groups excluding carboxylic acids is 2. The van der Waals surface area contributed by atoms with Crippen molar-refractivity contribution in [1.82, 2.24) is 25.3 Å². The Labute approximate surface area is 241 Å². The van der Waals surface area contributed by atoms with Crippen LogP contribution in [0.5, 0.6) is 5.75 Å². The molecule has 0 spiro atoms. The highest BCUT2D eigenvalue weighted by atomic mass is 16.5. The second-order valence-corrected chi connectivity index (χ2v) is 10.2. The third-order valence-corrected chi connectivity index (χ3v) is 7.38. The summed E-state index contributed by atoms with van der Waals surface area (Å²) in [6.45, 7) is 2.45. The van der Waals surface area contributed by atoms with E-state index >= 15 is 0 Å². The van der Waals surface area contributed by atoms with Crippen LogP contribution in [-0.2, 0) is 4.79 Å². The third kappa shape index (κ3) is 7.21. The lowest BCUT2D eigenvalue weighted by atomic mass is 10.0. The van der Waals surface area contributed by atoms with Gasteiger partial charge in [-0.1, -0.05) is 48.5 Å². The van der Waals surface area contributed by atoms with Crippen LogP contribution in [0.1, 0.15) is 47.6 Å². The van der Waals surface area contributed by atoms with E-state index in [2.05, 4.69) is 22.8 Å². The van der Waals surface area contributed by atoms with E-state index in [-0.39, 0.29) is 17.9 Å². The zero-order chi connectivity index (χ0) is 28.4. The molecule has 0 saturated carbocycles. The summed E-state index contributed by atoms with van der Waals surface area (Å²) in [5, 5.41) is 11.4. The van der Waals surface area contributed by atoms with E-state index in [0.29, 0.717) is 43.7 Å². The summed E-state index contributed by atoms with van der Waals surface area (Å²) in [4.78, 5) is 28.7. The minimum absolute atomic E-state index is 0.00871. The molecule has 4 aromatic rings. The van der Waals surface area contributed by atoms with Crippen molar-refractivity contribution in [1.29, 1.82) is 0 Å². The van der Waals surface area contributed by atoms with Gasteiger partial charge >= 0.3 is 0 Å². The highest BCUT2D eigenvalue weighted by Gasteiger charge is 2.24. The zero-order valence-electron chi connectivity index (χ0n) is 23.5. The summed E-state index contributed by atoms with van der Waals surface area (Å²) in [6.07, 6.45) is 4.63. The number of para-hydroxylation sites is 1. The van der Waals surface area contributed by atoms with Gasteiger partial charge in [0.25, 0.3) is 5.91 Å². The first-order chi connectivity index (χ1) is 20.1. The van der Waals surface area contributed by atoms with Crippen LogP contribution >= 0.6 is 0 Å². The molecule has 1 unspecified atom stereocenters. The van der Waals surface area contributed by atoms with Crippen molar-refractivity contribution in [3.8, 4) is 22.7 Å². The predicted molar refractivity (Wildman–Crippen MR) is 160 cm³/mol. The Kier molecular flexibility index (Phi) is 9.44. The van der Waals surface area contributed by atoms with Gasteiger partial charge in [0.05, 0.1) is 18.4 Å². The van der Waals surface area contributed by atoms with E-state index in [1.54, 1.807) is 11.8 Å². The van der Waals surface area contributed by atoms with Crippen molar-refractivity contribution in [2.24, 2.45) is 0 Å². The smallest absolute Gasteiger partial charge is 0.257 e. The fourth-order valence-electron chi connectivity index (χ4n) is 5.14. The highest BCUT2D eigenvalue weighted by molar-refractivity contribution is 6.00. The zero-order valence-corrected chi connectivity index (χ0v) is 23.5. The number of nitrogens with zero attached hydrogens (tertiary/aromatic N) is 3. The molecule has 212 valence electrons. The maximum atomic E-state index is 14.1. The third-order valence-electron chi connectivity index (χ3n) is 7.38. The number of hydrogen-bond donors (Lipinski definition) is 2. The summed E-state index contributed by atoms with van der Waals surface area (Å²) in [5.74, 6) is 0.692. The van der Waals surface area contributed by atoms with Gasteiger partial charge in [-0.2, -0.15) is 5.10 Å². The van der Waals surface area contributed by atoms with Gasteiger partial charge in [-0.05, 0) is 67.8 Å². The van der Waals surface area contributed by atoms with E-state index in [1.807, 2.05) is 83.9 Å². The van der Waals surface area contributed by atoms with Crippen molar-refractivity contribution in [2.45, 2.75) is 31.7 Å². The van der Waals surface area contributed by atoms with Crippen LogP contribution in [0, 0.1) is 0 Å². The fourth-order valence-corrected chi connectivity index (χ4v) is 5.14. The average molecular weight is 552 g/mol. The summed E-state index contributed by atoms with van der Waals surface area (Å²) in [7, 11) is 1.63. The van der Waals surface area contributed by atoms with Gasteiger partial charge in [-0.3, -0.25) is 9.59 Å². The Balaban J connectivity index is 1.37. The molecule has 8 nitrogen and oxygen atoms in total. The first-order valence-electron chi connectivity index (χ1n) is 14.3. The van der Waals surface area contributed by atoms with Crippen molar-refractivity contribution >= 4 is 11.8 Å². The molecule has 3 aromatic carbocycles. The molecule has 0 aliphatic carbocycles. The fraction of sp³-hybridized carbons (Fsp3) is 0.303. The Morgan fingerprint density at radius 1 is 0.878 bits per heavy atom. The second kappa shape index (κ2) is 13.8. The number of nitrogens with one attached hydrogen (secondary N) is 2. The van der Waals surface area contributed by atoms with Crippen LogP contribution in [-0.4, -0.2) is 59.8 Å². The normalized spacial score (nSPS) is 17.0. The summed E-state index contributed by atoms with van der Waals surface area (Å²) >= 11 is 0. The SMILES string of the molecule is COc1ccc(-c2nn(-c3ccccc3)cc2C(=O)N2CCCCNC(c3ccccc3)CC(=O)NCCC2)cc1. The molecular weight excluding hydrogens is 514 g/mol. The van der Waals surface area contributed by atoms with E-state index in [0.717, 1.165) is 42.0 Å². The molecule has 2 amide bonds. The maximum Gasteiger partial charge on any atom is 0.257 e. The van der Waals surface area contributed by atoms with Gasteiger partial charge in [-0.25, -0.2) is 4.68 Å². The molecule has 41 heavy (non-hydrogen) atoms. The minimum atomic E-state index is -0.0608. The molecular formula is C33H37N5O3. The average Bonchev–Trinajstić information content (AvgIpc) is 3.47. The van der Waals surface area contributed by atoms with Gasteiger partial charge in [0.2, 0.25) is 5.91 Å². The van der Waals surface area contributed by atoms with E-state index < -0.39 is 0 Å². The van der Waals surface area contributed by atoms with Crippen molar-refractivity contribution < 1.29 is 14.3 Å². The molecule has 2 heterocycles. The molecule has 0 radical (unpaired) electrons. The lowest BCUT2D eigenvalue weighted by Crippen LogP contribution is -2.35. The largest absolute Gasteiger partial charge is 0.497 e. The predicted octanol–water partition coefficient (Wildman–Crippen LogP) is 5.01. The summed E-state index contributed by atoms with van der Waals surface area (Å²) < 4.78 is 7.10. The maximum absolute atomic E-state index is 14.1.